The number of hydrogen-bond acceptors (Lipinski definition) is 7. The topological polar surface area (TPSA) is 81.2 Å². The van der Waals surface area contributed by atoms with Gasteiger partial charge in [0, 0.05) is 5.56 Å². The Balaban J connectivity index is 1.61. The number of esters is 1. The molecule has 3 rings (SSSR count). The van der Waals surface area contributed by atoms with Crippen LogP contribution >= 0.6 is 23.1 Å². The largest absolute Gasteiger partial charge is 0.468 e. The van der Waals surface area contributed by atoms with Gasteiger partial charge in [0.15, 0.2) is 4.34 Å². The average Bonchev–Trinajstić information content (AvgIpc) is 3.14. The normalized spacial score (nSPS) is 10.3. The molecule has 0 unspecified atom stereocenters. The van der Waals surface area contributed by atoms with Crippen molar-refractivity contribution in [3.8, 4) is 11.1 Å². The van der Waals surface area contributed by atoms with E-state index in [0.29, 0.717) is 15.0 Å². The van der Waals surface area contributed by atoms with Crippen molar-refractivity contribution in [1.29, 1.82) is 0 Å². The first kappa shape index (κ1) is 18.1. The molecule has 8 heteroatoms. The molecule has 26 heavy (non-hydrogen) atoms. The number of anilines is 1. The quantitative estimate of drug-likeness (QED) is 0.396. The van der Waals surface area contributed by atoms with Gasteiger partial charge in [-0.1, -0.05) is 65.6 Å². The number of benzene rings is 2. The van der Waals surface area contributed by atoms with Crippen LogP contribution in [0.2, 0.25) is 0 Å². The number of methoxy groups -OCH3 is 1. The monoisotopic (exact) mass is 385 g/mol. The first-order valence-corrected chi connectivity index (χ1v) is 9.46. The lowest BCUT2D eigenvalue weighted by atomic mass is 10.0. The van der Waals surface area contributed by atoms with E-state index in [9.17, 15) is 9.59 Å². The van der Waals surface area contributed by atoms with Crippen LogP contribution in [0.15, 0.2) is 58.9 Å². The highest BCUT2D eigenvalue weighted by molar-refractivity contribution is 8.01. The van der Waals surface area contributed by atoms with Crippen molar-refractivity contribution in [2.45, 2.75) is 4.34 Å². The zero-order chi connectivity index (χ0) is 18.4. The molecule has 0 radical (unpaired) electrons. The zero-order valence-corrected chi connectivity index (χ0v) is 15.5. The van der Waals surface area contributed by atoms with Gasteiger partial charge in [0.2, 0.25) is 5.13 Å². The van der Waals surface area contributed by atoms with Crippen LogP contribution in [0.4, 0.5) is 5.13 Å². The van der Waals surface area contributed by atoms with Crippen molar-refractivity contribution in [3.05, 3.63) is 60.2 Å². The van der Waals surface area contributed by atoms with Crippen LogP contribution < -0.4 is 5.32 Å². The van der Waals surface area contributed by atoms with Crippen LogP contribution in [0.5, 0.6) is 0 Å². The van der Waals surface area contributed by atoms with Gasteiger partial charge in [0.1, 0.15) is 0 Å². The maximum atomic E-state index is 12.3. The number of carbonyl (C=O) groups is 2. The number of hydrogen-bond donors (Lipinski definition) is 1. The predicted octanol–water partition coefficient (Wildman–Crippen LogP) is 3.72. The second-order valence-corrected chi connectivity index (χ2v) is 7.34. The Morgan fingerprint density at radius 2 is 1.73 bits per heavy atom. The lowest BCUT2D eigenvalue weighted by Crippen LogP contribution is -2.11. The standard InChI is InChI=1S/C18H15N3O3S2/c1-24-15(22)11-25-18-21-20-17(26-18)19-16(23)14-9-7-13(8-10-14)12-5-3-2-4-6-12/h2-10H,11H2,1H3,(H,19,20,23). The highest BCUT2D eigenvalue weighted by Gasteiger charge is 2.12. The molecule has 0 bridgehead atoms. The van der Waals surface area contributed by atoms with Gasteiger partial charge in [0.05, 0.1) is 12.9 Å². The fraction of sp³-hybridized carbons (Fsp3) is 0.111. The maximum absolute atomic E-state index is 12.3. The van der Waals surface area contributed by atoms with Crippen molar-refractivity contribution in [1.82, 2.24) is 10.2 Å². The van der Waals surface area contributed by atoms with Crippen molar-refractivity contribution >= 4 is 40.1 Å². The van der Waals surface area contributed by atoms with Crippen molar-refractivity contribution in [2.24, 2.45) is 0 Å². The molecule has 0 aliphatic rings. The summed E-state index contributed by atoms with van der Waals surface area (Å²) in [5, 5.41) is 10.9. The molecule has 1 N–H and O–H groups in total. The van der Waals surface area contributed by atoms with Crippen molar-refractivity contribution in [3.63, 3.8) is 0 Å². The fourth-order valence-electron chi connectivity index (χ4n) is 2.11. The number of ether oxygens (including phenoxy) is 1. The molecule has 0 atom stereocenters. The van der Waals surface area contributed by atoms with Gasteiger partial charge in [-0.2, -0.15) is 0 Å². The zero-order valence-electron chi connectivity index (χ0n) is 13.8. The average molecular weight is 385 g/mol. The molecule has 0 fully saturated rings. The number of amides is 1. The second-order valence-electron chi connectivity index (χ2n) is 5.14. The summed E-state index contributed by atoms with van der Waals surface area (Å²) in [6.45, 7) is 0. The molecule has 1 amide bonds. The summed E-state index contributed by atoms with van der Waals surface area (Å²) in [4.78, 5) is 23.5. The summed E-state index contributed by atoms with van der Waals surface area (Å²) in [6, 6.07) is 17.3. The van der Waals surface area contributed by atoms with Crippen molar-refractivity contribution < 1.29 is 14.3 Å². The molecule has 0 saturated carbocycles. The summed E-state index contributed by atoms with van der Waals surface area (Å²) >= 11 is 2.42. The number of aromatic nitrogens is 2. The van der Waals surface area contributed by atoms with Crippen LogP contribution in [0, 0.1) is 0 Å². The molecular formula is C18H15N3O3S2. The SMILES string of the molecule is COC(=O)CSc1nnc(NC(=O)c2ccc(-c3ccccc3)cc2)s1. The van der Waals surface area contributed by atoms with E-state index in [4.69, 9.17) is 0 Å². The van der Waals surface area contributed by atoms with E-state index in [-0.39, 0.29) is 17.6 Å². The third-order valence-corrected chi connectivity index (χ3v) is 5.37. The minimum absolute atomic E-state index is 0.153. The molecule has 1 heterocycles. The summed E-state index contributed by atoms with van der Waals surface area (Å²) in [5.74, 6) is -0.445. The smallest absolute Gasteiger partial charge is 0.316 e. The number of nitrogens with one attached hydrogen (secondary N) is 1. The highest BCUT2D eigenvalue weighted by atomic mass is 32.2. The van der Waals surface area contributed by atoms with E-state index in [1.165, 1.54) is 30.2 Å². The minimum Gasteiger partial charge on any atom is -0.468 e. The van der Waals surface area contributed by atoms with E-state index >= 15 is 0 Å². The Bertz CT molecular complexity index is 896. The highest BCUT2D eigenvalue weighted by Crippen LogP contribution is 2.26. The molecule has 1 aromatic heterocycles. The van der Waals surface area contributed by atoms with Gasteiger partial charge >= 0.3 is 5.97 Å². The van der Waals surface area contributed by atoms with Crippen LogP contribution in [-0.4, -0.2) is 34.9 Å². The second kappa shape index (κ2) is 8.59. The lowest BCUT2D eigenvalue weighted by Gasteiger charge is -2.04. The van der Waals surface area contributed by atoms with Crippen LogP contribution in [0.3, 0.4) is 0 Å². The van der Waals surface area contributed by atoms with E-state index in [2.05, 4.69) is 20.3 Å². The van der Waals surface area contributed by atoms with Gasteiger partial charge in [-0.25, -0.2) is 0 Å². The van der Waals surface area contributed by atoms with E-state index in [1.807, 2.05) is 42.5 Å². The minimum atomic E-state index is -0.339. The van der Waals surface area contributed by atoms with E-state index < -0.39 is 0 Å². The third kappa shape index (κ3) is 4.68. The molecule has 0 saturated heterocycles. The Hall–Kier alpha value is -2.71. The van der Waals surface area contributed by atoms with Gasteiger partial charge < -0.3 is 4.74 Å². The molecule has 132 valence electrons. The molecule has 6 nitrogen and oxygen atoms in total. The van der Waals surface area contributed by atoms with Crippen LogP contribution in [0.1, 0.15) is 10.4 Å². The Kier molecular flexibility index (Phi) is 5.98. The van der Waals surface area contributed by atoms with Crippen LogP contribution in [0.25, 0.3) is 11.1 Å². The van der Waals surface area contributed by atoms with E-state index in [1.54, 1.807) is 12.1 Å². The summed E-state index contributed by atoms with van der Waals surface area (Å²) in [7, 11) is 1.33. The molecule has 0 aliphatic carbocycles. The van der Waals surface area contributed by atoms with E-state index in [0.717, 1.165) is 11.1 Å². The Labute approximate surface area is 158 Å². The summed E-state index contributed by atoms with van der Waals surface area (Å²) < 4.78 is 5.16. The summed E-state index contributed by atoms with van der Waals surface area (Å²) in [5.41, 5.74) is 2.67. The summed E-state index contributed by atoms with van der Waals surface area (Å²) in [6.07, 6.45) is 0. The number of thioether (sulfide) groups is 1. The predicted molar refractivity (Wildman–Crippen MR) is 102 cm³/mol. The van der Waals surface area contributed by atoms with Crippen molar-refractivity contribution in [2.75, 3.05) is 18.2 Å². The molecule has 0 spiro atoms. The lowest BCUT2D eigenvalue weighted by molar-refractivity contribution is -0.137. The van der Waals surface area contributed by atoms with Gasteiger partial charge in [-0.3, -0.25) is 14.9 Å². The number of carbonyl (C=O) groups excluding carboxylic acids is 2. The molecule has 2 aromatic carbocycles. The maximum Gasteiger partial charge on any atom is 0.316 e. The Morgan fingerprint density at radius 1 is 1.04 bits per heavy atom. The Morgan fingerprint density at radius 3 is 2.42 bits per heavy atom. The fourth-order valence-corrected chi connectivity index (χ4v) is 3.69. The van der Waals surface area contributed by atoms with Gasteiger partial charge in [0.25, 0.3) is 5.91 Å². The number of nitrogens with zero attached hydrogens (tertiary/aromatic N) is 2. The van der Waals surface area contributed by atoms with Gasteiger partial charge in [-0.05, 0) is 23.3 Å². The molecular weight excluding hydrogens is 370 g/mol. The molecule has 3 aromatic rings. The van der Waals surface area contributed by atoms with Crippen LogP contribution in [-0.2, 0) is 9.53 Å². The number of rotatable bonds is 6. The molecule has 0 aliphatic heterocycles. The third-order valence-electron chi connectivity index (χ3n) is 3.42. The van der Waals surface area contributed by atoms with Gasteiger partial charge in [-0.15, -0.1) is 10.2 Å². The first-order valence-electron chi connectivity index (χ1n) is 7.65. The first-order chi connectivity index (χ1) is 12.7.